The number of benzene rings is 1. The van der Waals surface area contributed by atoms with E-state index in [9.17, 15) is 14.0 Å². The minimum Gasteiger partial charge on any atom is -0.462 e. The predicted molar refractivity (Wildman–Crippen MR) is 112 cm³/mol. The number of nitrogens with one attached hydrogen (secondary N) is 2. The highest BCUT2D eigenvalue weighted by Gasteiger charge is 2.15. The molecule has 162 valence electrons. The van der Waals surface area contributed by atoms with Gasteiger partial charge in [0.25, 0.3) is 12.4 Å². The molecule has 8 heteroatoms. The Morgan fingerprint density at radius 3 is 2.60 bits per heavy atom. The lowest BCUT2D eigenvalue weighted by Gasteiger charge is -2.22. The molecule has 0 radical (unpaired) electrons. The molecule has 1 aliphatic heterocycles. The fraction of sp³-hybridized carbons (Fsp3) is 0.455. The van der Waals surface area contributed by atoms with Crippen LogP contribution in [0.1, 0.15) is 44.0 Å². The van der Waals surface area contributed by atoms with Gasteiger partial charge < -0.3 is 15.4 Å². The van der Waals surface area contributed by atoms with Gasteiger partial charge in [0.2, 0.25) is 0 Å². The number of halogens is 1. The van der Waals surface area contributed by atoms with Crippen molar-refractivity contribution in [2.24, 2.45) is 5.92 Å². The van der Waals surface area contributed by atoms with E-state index in [1.165, 1.54) is 24.5 Å². The maximum absolute atomic E-state index is 13.2. The van der Waals surface area contributed by atoms with E-state index in [4.69, 9.17) is 0 Å². The van der Waals surface area contributed by atoms with Crippen LogP contribution >= 0.6 is 0 Å². The first-order valence-corrected chi connectivity index (χ1v) is 9.97. The van der Waals surface area contributed by atoms with Crippen LogP contribution in [0.3, 0.4) is 0 Å². The van der Waals surface area contributed by atoms with Gasteiger partial charge in [0.15, 0.2) is 5.82 Å². The van der Waals surface area contributed by atoms with Crippen molar-refractivity contribution in [1.82, 2.24) is 20.6 Å². The second-order valence-corrected chi connectivity index (χ2v) is 8.05. The van der Waals surface area contributed by atoms with Gasteiger partial charge in [-0.2, -0.15) is 0 Å². The molecule has 2 N–H and O–H groups in total. The monoisotopic (exact) mass is 416 g/mol. The van der Waals surface area contributed by atoms with Crippen molar-refractivity contribution in [2.75, 3.05) is 19.6 Å². The number of carbonyl (C=O) groups excluding carboxylic acids is 2. The second-order valence-electron chi connectivity index (χ2n) is 8.05. The first kappa shape index (κ1) is 23.4. The van der Waals surface area contributed by atoms with Crippen molar-refractivity contribution >= 4 is 12.4 Å². The van der Waals surface area contributed by atoms with Gasteiger partial charge in [0.1, 0.15) is 11.4 Å². The predicted octanol–water partition coefficient (Wildman–Crippen LogP) is 2.97. The smallest absolute Gasteiger partial charge is 0.293 e. The summed E-state index contributed by atoms with van der Waals surface area (Å²) in [5.74, 6) is 0.355. The number of amides is 1. The highest BCUT2D eigenvalue weighted by atomic mass is 19.1. The first-order valence-electron chi connectivity index (χ1n) is 9.97. The maximum atomic E-state index is 13.2. The summed E-state index contributed by atoms with van der Waals surface area (Å²) in [7, 11) is 0. The lowest BCUT2D eigenvalue weighted by Crippen LogP contribution is -2.38. The number of nitrogens with zero attached hydrogens (tertiary/aromatic N) is 2. The number of rotatable bonds is 5. The first-order chi connectivity index (χ1) is 14.3. The van der Waals surface area contributed by atoms with Crippen molar-refractivity contribution in [2.45, 2.75) is 39.2 Å². The largest absolute Gasteiger partial charge is 0.462 e. The molecular weight excluding hydrogens is 387 g/mol. The molecule has 0 aliphatic carbocycles. The van der Waals surface area contributed by atoms with Crippen molar-refractivity contribution < 1.29 is 18.7 Å². The molecule has 0 saturated carbocycles. The van der Waals surface area contributed by atoms with Gasteiger partial charge >= 0.3 is 0 Å². The summed E-state index contributed by atoms with van der Waals surface area (Å²) in [6.45, 7) is 8.57. The van der Waals surface area contributed by atoms with Gasteiger partial charge in [0.05, 0.1) is 5.56 Å². The van der Waals surface area contributed by atoms with Crippen molar-refractivity contribution in [3.8, 4) is 11.4 Å². The normalized spacial score (nSPS) is 16.1. The third-order valence-corrected chi connectivity index (χ3v) is 4.35. The van der Waals surface area contributed by atoms with Gasteiger partial charge in [-0.25, -0.2) is 14.4 Å². The average Bonchev–Trinajstić information content (AvgIpc) is 2.72. The van der Waals surface area contributed by atoms with Gasteiger partial charge in [-0.3, -0.25) is 9.59 Å². The molecule has 30 heavy (non-hydrogen) atoms. The van der Waals surface area contributed by atoms with E-state index in [0.29, 0.717) is 35.9 Å². The fourth-order valence-corrected chi connectivity index (χ4v) is 2.80. The molecule has 7 nitrogen and oxygen atoms in total. The molecule has 1 atom stereocenters. The number of carbonyl (C=O) groups is 2. The quantitative estimate of drug-likeness (QED) is 0.728. The van der Waals surface area contributed by atoms with Crippen molar-refractivity contribution in [3.05, 3.63) is 48.0 Å². The van der Waals surface area contributed by atoms with Crippen LogP contribution in [-0.2, 0) is 9.53 Å². The van der Waals surface area contributed by atoms with Crippen LogP contribution in [0, 0.1) is 11.7 Å². The molecule has 3 rings (SSSR count). The van der Waals surface area contributed by atoms with Crippen LogP contribution in [0.5, 0.6) is 0 Å². The van der Waals surface area contributed by atoms with E-state index >= 15 is 0 Å². The summed E-state index contributed by atoms with van der Waals surface area (Å²) < 4.78 is 17.8. The zero-order valence-electron chi connectivity index (χ0n) is 17.7. The van der Waals surface area contributed by atoms with Crippen LogP contribution in [0.4, 0.5) is 4.39 Å². The zero-order valence-corrected chi connectivity index (χ0v) is 17.7. The van der Waals surface area contributed by atoms with Crippen LogP contribution in [0.2, 0.25) is 0 Å². The van der Waals surface area contributed by atoms with E-state index in [1.54, 1.807) is 12.1 Å². The molecule has 1 saturated heterocycles. The van der Waals surface area contributed by atoms with E-state index in [1.807, 2.05) is 20.8 Å². The van der Waals surface area contributed by atoms with Crippen LogP contribution in [-0.4, -0.2) is 47.6 Å². The molecule has 1 aliphatic rings. The maximum Gasteiger partial charge on any atom is 0.293 e. The SMILES string of the molecule is CC(C)(C)OC=O.O=C(NCC1CCCNC1)c1cnc(-c2cccc(F)c2)nc1. The molecule has 1 aromatic carbocycles. The zero-order chi connectivity index (χ0) is 22.0. The Hall–Kier alpha value is -2.87. The Morgan fingerprint density at radius 2 is 2.07 bits per heavy atom. The number of hydrogen-bond donors (Lipinski definition) is 2. The van der Waals surface area contributed by atoms with Gasteiger partial charge in [0, 0.05) is 24.5 Å². The summed E-state index contributed by atoms with van der Waals surface area (Å²) in [5, 5.41) is 6.24. The number of aromatic nitrogens is 2. The lowest BCUT2D eigenvalue weighted by atomic mass is 10.00. The molecule has 0 bridgehead atoms. The van der Waals surface area contributed by atoms with E-state index in [2.05, 4.69) is 25.3 Å². The Kier molecular flexibility index (Phi) is 8.86. The Bertz CT molecular complexity index is 816. The van der Waals surface area contributed by atoms with Crippen LogP contribution in [0.15, 0.2) is 36.7 Å². The minimum absolute atomic E-state index is 0.179. The Balaban J connectivity index is 0.000000396. The lowest BCUT2D eigenvalue weighted by molar-refractivity contribution is -0.138. The Morgan fingerprint density at radius 1 is 1.33 bits per heavy atom. The van der Waals surface area contributed by atoms with Crippen LogP contribution in [0.25, 0.3) is 11.4 Å². The molecule has 2 aromatic rings. The van der Waals surface area contributed by atoms with Gasteiger partial charge in [-0.1, -0.05) is 12.1 Å². The van der Waals surface area contributed by atoms with Gasteiger partial charge in [-0.15, -0.1) is 0 Å². The summed E-state index contributed by atoms with van der Waals surface area (Å²) in [6, 6.07) is 6.07. The molecule has 2 heterocycles. The van der Waals surface area contributed by atoms with E-state index in [-0.39, 0.29) is 17.3 Å². The third kappa shape index (κ3) is 8.24. The summed E-state index contributed by atoms with van der Waals surface area (Å²) in [4.78, 5) is 30.0. The fourth-order valence-electron chi connectivity index (χ4n) is 2.80. The highest BCUT2D eigenvalue weighted by molar-refractivity contribution is 5.93. The van der Waals surface area contributed by atoms with Crippen molar-refractivity contribution in [1.29, 1.82) is 0 Å². The minimum atomic E-state index is -0.339. The number of hydrogen-bond acceptors (Lipinski definition) is 6. The number of piperidine rings is 1. The standard InChI is InChI=1S/C17H19FN4O.C5H10O2/c18-15-5-1-4-13(7-15)16-20-10-14(11-21-16)17(23)22-9-12-3-2-6-19-8-12;1-5(2,3)7-4-6/h1,4-5,7,10-12,19H,2-3,6,8-9H2,(H,22,23);4H,1-3H3. The highest BCUT2D eigenvalue weighted by Crippen LogP contribution is 2.15. The Labute approximate surface area is 176 Å². The molecule has 1 aromatic heterocycles. The van der Waals surface area contributed by atoms with Gasteiger partial charge in [-0.05, 0) is 64.8 Å². The van der Waals surface area contributed by atoms with Crippen LogP contribution < -0.4 is 10.6 Å². The van der Waals surface area contributed by atoms with Crippen molar-refractivity contribution in [3.63, 3.8) is 0 Å². The molecule has 1 unspecified atom stereocenters. The topological polar surface area (TPSA) is 93.2 Å². The van der Waals surface area contributed by atoms with E-state index < -0.39 is 0 Å². The molecule has 0 spiro atoms. The third-order valence-electron chi connectivity index (χ3n) is 4.35. The average molecular weight is 416 g/mol. The molecule has 1 fully saturated rings. The summed E-state index contributed by atoms with van der Waals surface area (Å²) >= 11 is 0. The summed E-state index contributed by atoms with van der Waals surface area (Å²) in [5.41, 5.74) is 0.682. The molecule has 1 amide bonds. The second kappa shape index (κ2) is 11.3. The number of ether oxygens (including phenoxy) is 1. The van der Waals surface area contributed by atoms with E-state index in [0.717, 1.165) is 25.9 Å². The molecular formula is C22H29FN4O3. The summed E-state index contributed by atoms with van der Waals surface area (Å²) in [6.07, 6.45) is 5.22.